The summed E-state index contributed by atoms with van der Waals surface area (Å²) in [6.07, 6.45) is 0. The third-order valence-corrected chi connectivity index (χ3v) is 2.18. The molecular formula is C10H10ClNO. The summed E-state index contributed by atoms with van der Waals surface area (Å²) in [4.78, 5) is 0. The molecule has 0 atom stereocenters. The normalized spacial score (nSPS) is 10.1. The molecule has 1 rings (SSSR count). The zero-order valence-corrected chi connectivity index (χ0v) is 8.26. The van der Waals surface area contributed by atoms with Crippen LogP contribution in [-0.2, 0) is 0 Å². The average molecular weight is 196 g/mol. The smallest absolute Gasteiger partial charge is 0.133 e. The maximum absolute atomic E-state index is 9.38. The molecule has 0 radical (unpaired) electrons. The van der Waals surface area contributed by atoms with Gasteiger partial charge in [-0.05, 0) is 23.6 Å². The van der Waals surface area contributed by atoms with Gasteiger partial charge < -0.3 is 5.11 Å². The van der Waals surface area contributed by atoms with Crippen molar-refractivity contribution in [3.05, 3.63) is 28.3 Å². The van der Waals surface area contributed by atoms with Gasteiger partial charge in [0.25, 0.3) is 0 Å². The van der Waals surface area contributed by atoms with E-state index < -0.39 is 0 Å². The van der Waals surface area contributed by atoms with Crippen molar-refractivity contribution in [1.29, 1.82) is 5.26 Å². The van der Waals surface area contributed by atoms with Gasteiger partial charge in [0.1, 0.15) is 11.8 Å². The average Bonchev–Trinajstić information content (AvgIpc) is 2.07. The lowest BCUT2D eigenvalue weighted by molar-refractivity contribution is 0.472. The molecule has 0 heterocycles. The highest BCUT2D eigenvalue weighted by molar-refractivity contribution is 6.31. The van der Waals surface area contributed by atoms with Crippen LogP contribution >= 0.6 is 11.6 Å². The number of rotatable bonds is 1. The van der Waals surface area contributed by atoms with E-state index in [2.05, 4.69) is 0 Å². The Hall–Kier alpha value is -1.20. The number of phenols is 1. The zero-order valence-electron chi connectivity index (χ0n) is 7.50. The van der Waals surface area contributed by atoms with E-state index in [1.54, 1.807) is 6.07 Å². The van der Waals surface area contributed by atoms with Crippen LogP contribution in [0.4, 0.5) is 0 Å². The predicted molar refractivity (Wildman–Crippen MR) is 51.9 cm³/mol. The molecule has 13 heavy (non-hydrogen) atoms. The summed E-state index contributed by atoms with van der Waals surface area (Å²) in [5.74, 6) is 0.238. The molecule has 0 bridgehead atoms. The van der Waals surface area contributed by atoms with Crippen molar-refractivity contribution < 1.29 is 5.11 Å². The van der Waals surface area contributed by atoms with Crippen LogP contribution in [-0.4, -0.2) is 5.11 Å². The minimum Gasteiger partial charge on any atom is -0.507 e. The van der Waals surface area contributed by atoms with Crippen molar-refractivity contribution >= 4 is 11.6 Å². The van der Waals surface area contributed by atoms with Gasteiger partial charge in [0.2, 0.25) is 0 Å². The first-order valence-electron chi connectivity index (χ1n) is 3.98. The molecule has 0 fully saturated rings. The summed E-state index contributed by atoms with van der Waals surface area (Å²) >= 11 is 5.91. The van der Waals surface area contributed by atoms with Crippen LogP contribution in [0.2, 0.25) is 5.02 Å². The quantitative estimate of drug-likeness (QED) is 0.749. The van der Waals surface area contributed by atoms with E-state index in [-0.39, 0.29) is 17.2 Å². The molecule has 0 saturated carbocycles. The first-order valence-corrected chi connectivity index (χ1v) is 4.36. The lowest BCUT2D eigenvalue weighted by atomic mass is 10.0. The van der Waals surface area contributed by atoms with Crippen molar-refractivity contribution in [2.45, 2.75) is 19.8 Å². The van der Waals surface area contributed by atoms with Crippen LogP contribution in [0.25, 0.3) is 0 Å². The summed E-state index contributed by atoms with van der Waals surface area (Å²) in [7, 11) is 0. The lowest BCUT2D eigenvalue weighted by Gasteiger charge is -2.08. The van der Waals surface area contributed by atoms with E-state index in [9.17, 15) is 5.11 Å². The van der Waals surface area contributed by atoms with Crippen molar-refractivity contribution in [2.24, 2.45) is 0 Å². The molecule has 3 heteroatoms. The number of benzene rings is 1. The molecule has 0 saturated heterocycles. The summed E-state index contributed by atoms with van der Waals surface area (Å²) in [6, 6.07) is 4.91. The fourth-order valence-electron chi connectivity index (χ4n) is 1.11. The molecule has 0 aromatic heterocycles. The van der Waals surface area contributed by atoms with E-state index in [0.717, 1.165) is 5.56 Å². The molecule has 0 unspecified atom stereocenters. The maximum atomic E-state index is 9.38. The van der Waals surface area contributed by atoms with Gasteiger partial charge in [0.05, 0.1) is 5.56 Å². The number of aromatic hydroxyl groups is 1. The van der Waals surface area contributed by atoms with E-state index >= 15 is 0 Å². The molecule has 1 aromatic rings. The Bertz CT molecular complexity index is 366. The fourth-order valence-corrected chi connectivity index (χ4v) is 1.49. The molecule has 0 amide bonds. The van der Waals surface area contributed by atoms with Crippen molar-refractivity contribution in [3.63, 3.8) is 0 Å². The van der Waals surface area contributed by atoms with Crippen LogP contribution in [0.15, 0.2) is 12.1 Å². The van der Waals surface area contributed by atoms with Gasteiger partial charge >= 0.3 is 0 Å². The van der Waals surface area contributed by atoms with Gasteiger partial charge in [-0.3, -0.25) is 0 Å². The lowest BCUT2D eigenvalue weighted by Crippen LogP contribution is -1.90. The predicted octanol–water partition coefficient (Wildman–Crippen LogP) is 3.04. The monoisotopic (exact) mass is 195 g/mol. The Balaban J connectivity index is 3.31. The molecule has 68 valence electrons. The van der Waals surface area contributed by atoms with Crippen LogP contribution in [0.5, 0.6) is 5.75 Å². The molecule has 1 aromatic carbocycles. The standard InChI is InChI=1S/C10H10ClNO/c1-6(2)8-4-10(13)7(5-12)3-9(8)11/h3-4,6,13H,1-2H3. The SMILES string of the molecule is CC(C)c1cc(O)c(C#N)cc1Cl. The van der Waals surface area contributed by atoms with Gasteiger partial charge in [0, 0.05) is 5.02 Å². The number of halogens is 1. The Morgan fingerprint density at radius 2 is 2.08 bits per heavy atom. The largest absolute Gasteiger partial charge is 0.507 e. The van der Waals surface area contributed by atoms with Gasteiger partial charge in [0.15, 0.2) is 0 Å². The highest BCUT2D eigenvalue weighted by Crippen LogP contribution is 2.30. The van der Waals surface area contributed by atoms with Crippen molar-refractivity contribution in [2.75, 3.05) is 0 Å². The van der Waals surface area contributed by atoms with Crippen LogP contribution in [0.3, 0.4) is 0 Å². The highest BCUT2D eigenvalue weighted by atomic mass is 35.5. The second-order valence-electron chi connectivity index (χ2n) is 3.16. The Labute approximate surface area is 82.4 Å². The van der Waals surface area contributed by atoms with Gasteiger partial charge in [-0.2, -0.15) is 5.26 Å². The van der Waals surface area contributed by atoms with Crippen molar-refractivity contribution in [3.8, 4) is 11.8 Å². The number of hydrogen-bond acceptors (Lipinski definition) is 2. The van der Waals surface area contributed by atoms with Gasteiger partial charge in [-0.25, -0.2) is 0 Å². The summed E-state index contributed by atoms with van der Waals surface area (Å²) in [5.41, 5.74) is 1.08. The molecule has 0 aliphatic carbocycles. The molecule has 1 N–H and O–H groups in total. The van der Waals surface area contributed by atoms with Crippen LogP contribution in [0.1, 0.15) is 30.9 Å². The molecule has 2 nitrogen and oxygen atoms in total. The van der Waals surface area contributed by atoms with Gasteiger partial charge in [-0.1, -0.05) is 25.4 Å². The Morgan fingerprint density at radius 1 is 1.46 bits per heavy atom. The minimum atomic E-state index is -0.00407. The number of nitriles is 1. The second-order valence-corrected chi connectivity index (χ2v) is 3.56. The van der Waals surface area contributed by atoms with E-state index in [1.807, 2.05) is 19.9 Å². The maximum Gasteiger partial charge on any atom is 0.133 e. The fraction of sp³-hybridized carbons (Fsp3) is 0.300. The molecule has 0 aliphatic rings. The summed E-state index contributed by atoms with van der Waals surface area (Å²) in [5, 5.41) is 18.5. The number of nitrogens with zero attached hydrogens (tertiary/aromatic N) is 1. The van der Waals surface area contributed by atoms with E-state index in [0.29, 0.717) is 5.02 Å². The molecule has 0 aliphatic heterocycles. The summed E-state index contributed by atoms with van der Waals surface area (Å²) in [6.45, 7) is 3.96. The topological polar surface area (TPSA) is 44.0 Å². The molecular weight excluding hydrogens is 186 g/mol. The van der Waals surface area contributed by atoms with E-state index in [4.69, 9.17) is 16.9 Å². The highest BCUT2D eigenvalue weighted by Gasteiger charge is 2.09. The Kier molecular flexibility index (Phi) is 2.79. The molecule has 0 spiro atoms. The van der Waals surface area contributed by atoms with Gasteiger partial charge in [-0.15, -0.1) is 0 Å². The summed E-state index contributed by atoms with van der Waals surface area (Å²) < 4.78 is 0. The first kappa shape index (κ1) is 9.88. The van der Waals surface area contributed by atoms with Crippen molar-refractivity contribution in [1.82, 2.24) is 0 Å². The van der Waals surface area contributed by atoms with Crippen LogP contribution < -0.4 is 0 Å². The number of hydrogen-bond donors (Lipinski definition) is 1. The zero-order chi connectivity index (χ0) is 10.0. The first-order chi connectivity index (χ1) is 6.06. The second kappa shape index (κ2) is 3.68. The third-order valence-electron chi connectivity index (χ3n) is 1.86. The number of phenolic OH excluding ortho intramolecular Hbond substituents is 1. The Morgan fingerprint density at radius 3 is 2.54 bits per heavy atom. The third kappa shape index (κ3) is 1.93. The van der Waals surface area contributed by atoms with Crippen LogP contribution in [0, 0.1) is 11.3 Å². The minimum absolute atomic E-state index is 0.00407. The van der Waals surface area contributed by atoms with E-state index in [1.165, 1.54) is 6.07 Å².